The Kier molecular flexibility index (Phi) is 5.36. The zero-order chi connectivity index (χ0) is 19.2. The van der Waals surface area contributed by atoms with Crippen molar-refractivity contribution in [1.29, 1.82) is 0 Å². The van der Waals surface area contributed by atoms with Crippen LogP contribution in [0.4, 0.5) is 27.4 Å². The van der Waals surface area contributed by atoms with E-state index in [-0.39, 0.29) is 17.3 Å². The Balaban J connectivity index is 1.65. The van der Waals surface area contributed by atoms with Gasteiger partial charge in [-0.1, -0.05) is 6.07 Å². The Morgan fingerprint density at radius 3 is 2.22 bits per heavy atom. The van der Waals surface area contributed by atoms with Crippen molar-refractivity contribution in [2.24, 2.45) is 0 Å². The molecule has 136 valence electrons. The van der Waals surface area contributed by atoms with Crippen LogP contribution in [-0.4, -0.2) is 21.8 Å². The fraction of sp³-hybridized carbons (Fsp3) is 0.0526. The first-order valence-electron chi connectivity index (χ1n) is 8.03. The second-order valence-corrected chi connectivity index (χ2v) is 5.64. The SMILES string of the molecule is CC(=O)Nc1cccc(Nc2ncc(C(=O)Nc3ccc(F)cc3)cn2)c1. The standard InChI is InChI=1S/C19H16FN5O2/c1-12(26)23-16-3-2-4-17(9-16)25-19-21-10-13(11-22-19)18(27)24-15-7-5-14(20)6-8-15/h2-11H,1H3,(H,23,26)(H,24,27)(H,21,22,25). The third-order valence-electron chi connectivity index (χ3n) is 3.46. The van der Waals surface area contributed by atoms with Crippen molar-refractivity contribution in [3.05, 3.63) is 72.3 Å². The van der Waals surface area contributed by atoms with Crippen LogP contribution in [0.3, 0.4) is 0 Å². The summed E-state index contributed by atoms with van der Waals surface area (Å²) in [6.07, 6.45) is 2.76. The lowest BCUT2D eigenvalue weighted by Crippen LogP contribution is -2.13. The highest BCUT2D eigenvalue weighted by molar-refractivity contribution is 6.03. The molecule has 3 rings (SSSR count). The molecule has 27 heavy (non-hydrogen) atoms. The highest BCUT2D eigenvalue weighted by atomic mass is 19.1. The van der Waals surface area contributed by atoms with Crippen LogP contribution in [0.25, 0.3) is 0 Å². The molecule has 0 radical (unpaired) electrons. The summed E-state index contributed by atoms with van der Waals surface area (Å²) in [5, 5.41) is 8.31. The molecule has 0 fully saturated rings. The lowest BCUT2D eigenvalue weighted by atomic mass is 10.2. The van der Waals surface area contributed by atoms with Crippen LogP contribution in [0.15, 0.2) is 60.9 Å². The van der Waals surface area contributed by atoms with Crippen LogP contribution >= 0.6 is 0 Å². The Hall–Kier alpha value is -3.81. The molecule has 3 N–H and O–H groups in total. The van der Waals surface area contributed by atoms with Gasteiger partial charge in [-0.05, 0) is 42.5 Å². The average Bonchev–Trinajstić information content (AvgIpc) is 2.64. The van der Waals surface area contributed by atoms with Gasteiger partial charge in [-0.3, -0.25) is 9.59 Å². The summed E-state index contributed by atoms with van der Waals surface area (Å²) < 4.78 is 12.9. The van der Waals surface area contributed by atoms with Gasteiger partial charge in [0.25, 0.3) is 5.91 Å². The molecule has 0 spiro atoms. The normalized spacial score (nSPS) is 10.1. The number of benzene rings is 2. The van der Waals surface area contributed by atoms with Crippen molar-refractivity contribution >= 4 is 34.8 Å². The first kappa shape index (κ1) is 18.0. The third-order valence-corrected chi connectivity index (χ3v) is 3.46. The number of aromatic nitrogens is 2. The van der Waals surface area contributed by atoms with E-state index in [9.17, 15) is 14.0 Å². The topological polar surface area (TPSA) is 96.0 Å². The smallest absolute Gasteiger partial charge is 0.258 e. The summed E-state index contributed by atoms with van der Waals surface area (Å²) in [6.45, 7) is 1.43. The van der Waals surface area contributed by atoms with Crippen molar-refractivity contribution in [1.82, 2.24) is 9.97 Å². The van der Waals surface area contributed by atoms with Gasteiger partial charge >= 0.3 is 0 Å². The molecule has 2 amide bonds. The van der Waals surface area contributed by atoms with Crippen LogP contribution in [0, 0.1) is 5.82 Å². The molecule has 2 aromatic carbocycles. The van der Waals surface area contributed by atoms with Gasteiger partial charge in [-0.15, -0.1) is 0 Å². The Morgan fingerprint density at radius 1 is 0.889 bits per heavy atom. The van der Waals surface area contributed by atoms with E-state index < -0.39 is 5.91 Å². The van der Waals surface area contributed by atoms with E-state index in [0.717, 1.165) is 0 Å². The first-order chi connectivity index (χ1) is 13.0. The molecule has 0 aliphatic rings. The summed E-state index contributed by atoms with van der Waals surface area (Å²) in [4.78, 5) is 31.5. The molecule has 0 aliphatic heterocycles. The molecule has 0 saturated heterocycles. The molecule has 7 nitrogen and oxygen atoms in total. The molecule has 0 unspecified atom stereocenters. The molecule has 0 aliphatic carbocycles. The number of halogens is 1. The number of amides is 2. The molecular weight excluding hydrogens is 349 g/mol. The van der Waals surface area contributed by atoms with E-state index in [2.05, 4.69) is 25.9 Å². The van der Waals surface area contributed by atoms with Gasteiger partial charge in [0.05, 0.1) is 5.56 Å². The molecule has 1 aromatic heterocycles. The number of nitrogens with one attached hydrogen (secondary N) is 3. The maximum absolute atomic E-state index is 12.9. The number of hydrogen-bond acceptors (Lipinski definition) is 5. The molecular formula is C19H16FN5O2. The van der Waals surface area contributed by atoms with Gasteiger partial charge in [-0.25, -0.2) is 14.4 Å². The van der Waals surface area contributed by atoms with Crippen molar-refractivity contribution < 1.29 is 14.0 Å². The number of carbonyl (C=O) groups is 2. The Morgan fingerprint density at radius 2 is 1.56 bits per heavy atom. The zero-order valence-corrected chi connectivity index (χ0v) is 14.4. The van der Waals surface area contributed by atoms with E-state index in [1.54, 1.807) is 24.3 Å². The van der Waals surface area contributed by atoms with Gasteiger partial charge in [0.15, 0.2) is 0 Å². The molecule has 1 heterocycles. The number of hydrogen-bond donors (Lipinski definition) is 3. The van der Waals surface area contributed by atoms with Crippen LogP contribution < -0.4 is 16.0 Å². The summed E-state index contributed by atoms with van der Waals surface area (Å²) in [7, 11) is 0. The molecule has 3 aromatic rings. The summed E-state index contributed by atoms with van der Waals surface area (Å²) in [6, 6.07) is 12.5. The minimum atomic E-state index is -0.402. The summed E-state index contributed by atoms with van der Waals surface area (Å²) >= 11 is 0. The van der Waals surface area contributed by atoms with Crippen molar-refractivity contribution in [2.45, 2.75) is 6.92 Å². The highest BCUT2D eigenvalue weighted by Crippen LogP contribution is 2.18. The largest absolute Gasteiger partial charge is 0.326 e. The predicted octanol–water partition coefficient (Wildman–Crippen LogP) is 3.57. The highest BCUT2D eigenvalue weighted by Gasteiger charge is 2.08. The maximum atomic E-state index is 12.9. The fourth-order valence-corrected chi connectivity index (χ4v) is 2.25. The van der Waals surface area contributed by atoms with Gasteiger partial charge in [0, 0.05) is 36.4 Å². The minimum absolute atomic E-state index is 0.167. The Bertz CT molecular complexity index is 959. The zero-order valence-electron chi connectivity index (χ0n) is 14.4. The van der Waals surface area contributed by atoms with Crippen LogP contribution in [0.5, 0.6) is 0 Å². The van der Waals surface area contributed by atoms with E-state index >= 15 is 0 Å². The van der Waals surface area contributed by atoms with Crippen molar-refractivity contribution in [2.75, 3.05) is 16.0 Å². The van der Waals surface area contributed by atoms with Crippen molar-refractivity contribution in [3.8, 4) is 0 Å². The fourth-order valence-electron chi connectivity index (χ4n) is 2.25. The number of anilines is 4. The van der Waals surface area contributed by atoms with Gasteiger partial charge < -0.3 is 16.0 Å². The first-order valence-corrected chi connectivity index (χ1v) is 8.03. The van der Waals surface area contributed by atoms with Crippen LogP contribution in [-0.2, 0) is 4.79 Å². The summed E-state index contributed by atoms with van der Waals surface area (Å²) in [5.74, 6) is -0.650. The number of nitrogens with zero attached hydrogens (tertiary/aromatic N) is 2. The third kappa shape index (κ3) is 5.08. The average molecular weight is 365 g/mol. The maximum Gasteiger partial charge on any atom is 0.258 e. The van der Waals surface area contributed by atoms with Crippen LogP contribution in [0.2, 0.25) is 0 Å². The Labute approximate surface area is 154 Å². The predicted molar refractivity (Wildman–Crippen MR) is 100 cm³/mol. The summed E-state index contributed by atoms with van der Waals surface area (Å²) in [5.41, 5.74) is 2.06. The second kappa shape index (κ2) is 8.05. The van der Waals surface area contributed by atoms with Crippen LogP contribution in [0.1, 0.15) is 17.3 Å². The van der Waals surface area contributed by atoms with Gasteiger partial charge in [-0.2, -0.15) is 0 Å². The number of carbonyl (C=O) groups excluding carboxylic acids is 2. The lowest BCUT2D eigenvalue weighted by molar-refractivity contribution is -0.114. The van der Waals surface area contributed by atoms with Crippen molar-refractivity contribution in [3.63, 3.8) is 0 Å². The van der Waals surface area contributed by atoms with E-state index in [4.69, 9.17) is 0 Å². The minimum Gasteiger partial charge on any atom is -0.326 e. The van der Waals surface area contributed by atoms with Gasteiger partial charge in [0.2, 0.25) is 11.9 Å². The second-order valence-electron chi connectivity index (χ2n) is 5.64. The molecule has 8 heteroatoms. The molecule has 0 atom stereocenters. The lowest BCUT2D eigenvalue weighted by Gasteiger charge is -2.08. The molecule has 0 bridgehead atoms. The van der Waals surface area contributed by atoms with E-state index in [1.807, 2.05) is 0 Å². The molecule has 0 saturated carbocycles. The van der Waals surface area contributed by atoms with E-state index in [0.29, 0.717) is 23.0 Å². The van der Waals surface area contributed by atoms with E-state index in [1.165, 1.54) is 43.6 Å². The van der Waals surface area contributed by atoms with Gasteiger partial charge in [0.1, 0.15) is 5.82 Å². The number of rotatable bonds is 5. The monoisotopic (exact) mass is 365 g/mol. The quantitative estimate of drug-likeness (QED) is 0.642.